The molecule has 3 rings (SSSR count). The van der Waals surface area contributed by atoms with Gasteiger partial charge in [-0.25, -0.2) is 0 Å². The van der Waals surface area contributed by atoms with E-state index < -0.39 is 6.61 Å². The molecule has 1 saturated heterocycles. The van der Waals surface area contributed by atoms with Crippen molar-refractivity contribution in [3.63, 3.8) is 0 Å². The number of hydrogen-bond donors (Lipinski definition) is 2. The van der Waals surface area contributed by atoms with Crippen LogP contribution in [-0.2, 0) is 6.54 Å². The molecule has 0 aromatic heterocycles. The van der Waals surface area contributed by atoms with Crippen molar-refractivity contribution in [1.82, 2.24) is 15.5 Å². The molecular weight excluding hydrogens is 473 g/mol. The lowest BCUT2D eigenvalue weighted by molar-refractivity contribution is -0.0505. The van der Waals surface area contributed by atoms with Crippen LogP contribution in [-0.4, -0.2) is 58.0 Å². The Morgan fingerprint density at radius 2 is 2.07 bits per heavy atom. The monoisotopic (exact) mass is 498 g/mol. The minimum atomic E-state index is -2.91. The third kappa shape index (κ3) is 5.96. The van der Waals surface area contributed by atoms with E-state index in [0.29, 0.717) is 28.9 Å². The van der Waals surface area contributed by atoms with Crippen molar-refractivity contribution in [3.8, 4) is 17.2 Å². The summed E-state index contributed by atoms with van der Waals surface area (Å²) in [4.78, 5) is 6.48. The highest BCUT2D eigenvalue weighted by Crippen LogP contribution is 2.38. The minimum Gasteiger partial charge on any atom is -0.454 e. The highest BCUT2D eigenvalue weighted by Gasteiger charge is 2.21. The van der Waals surface area contributed by atoms with Crippen LogP contribution in [0.3, 0.4) is 0 Å². The molecule has 10 heteroatoms. The molecule has 0 saturated carbocycles. The Kier molecular flexibility index (Phi) is 8.14. The van der Waals surface area contributed by atoms with Gasteiger partial charge in [0, 0.05) is 38.3 Å². The molecule has 2 aliphatic heterocycles. The van der Waals surface area contributed by atoms with Gasteiger partial charge in [0.25, 0.3) is 0 Å². The number of nitrogens with zero attached hydrogens (tertiary/aromatic N) is 2. The van der Waals surface area contributed by atoms with Crippen LogP contribution < -0.4 is 24.8 Å². The van der Waals surface area contributed by atoms with Gasteiger partial charge in [0.05, 0.1) is 0 Å². The molecular formula is C17H25F2IN4O3. The van der Waals surface area contributed by atoms with Crippen LogP contribution in [0.2, 0.25) is 0 Å². The predicted octanol–water partition coefficient (Wildman–Crippen LogP) is 2.25. The number of rotatable bonds is 6. The summed E-state index contributed by atoms with van der Waals surface area (Å²) in [6.07, 6.45) is 1.15. The van der Waals surface area contributed by atoms with Crippen molar-refractivity contribution in [2.24, 2.45) is 10.9 Å². The third-order valence-corrected chi connectivity index (χ3v) is 4.49. The molecule has 2 aliphatic rings. The fraction of sp³-hybridized carbons (Fsp3) is 0.588. The van der Waals surface area contributed by atoms with Gasteiger partial charge in [-0.05, 0) is 32.0 Å². The van der Waals surface area contributed by atoms with Gasteiger partial charge >= 0.3 is 6.61 Å². The van der Waals surface area contributed by atoms with E-state index in [-0.39, 0.29) is 43.1 Å². The Morgan fingerprint density at radius 1 is 1.33 bits per heavy atom. The number of aliphatic imine (C=N–C) groups is 1. The Hall–Kier alpha value is -1.56. The summed E-state index contributed by atoms with van der Waals surface area (Å²) in [5.41, 5.74) is 0.540. The number of nitrogens with one attached hydrogen (secondary N) is 2. The average molecular weight is 498 g/mol. The lowest BCUT2D eigenvalue weighted by Gasteiger charge is -2.17. The highest BCUT2D eigenvalue weighted by atomic mass is 127. The maximum Gasteiger partial charge on any atom is 0.387 e. The molecule has 7 nitrogen and oxygen atoms in total. The number of halogens is 3. The first-order valence-electron chi connectivity index (χ1n) is 8.55. The topological polar surface area (TPSA) is 67.4 Å². The second-order valence-corrected chi connectivity index (χ2v) is 6.42. The van der Waals surface area contributed by atoms with Gasteiger partial charge in [0.1, 0.15) is 5.75 Å². The number of fused-ring (bicyclic) bond motifs is 1. The highest BCUT2D eigenvalue weighted by molar-refractivity contribution is 14.0. The van der Waals surface area contributed by atoms with Crippen LogP contribution in [0.1, 0.15) is 12.0 Å². The maximum atomic E-state index is 12.7. The van der Waals surface area contributed by atoms with Crippen LogP contribution >= 0.6 is 24.0 Å². The summed E-state index contributed by atoms with van der Waals surface area (Å²) in [7, 11) is 3.78. The zero-order chi connectivity index (χ0) is 18.5. The van der Waals surface area contributed by atoms with Crippen LogP contribution in [0.25, 0.3) is 0 Å². The van der Waals surface area contributed by atoms with E-state index in [1.165, 1.54) is 6.07 Å². The normalized spacial score (nSPS) is 19.1. The summed E-state index contributed by atoms with van der Waals surface area (Å²) >= 11 is 0. The predicted molar refractivity (Wildman–Crippen MR) is 108 cm³/mol. The lowest BCUT2D eigenvalue weighted by Crippen LogP contribution is -2.39. The SMILES string of the molecule is CN=C(NCc1cc2c(cc1OC(F)F)OCO2)NCC1CCN(C)C1.I. The molecule has 1 aromatic carbocycles. The molecule has 152 valence electrons. The Morgan fingerprint density at radius 3 is 2.70 bits per heavy atom. The average Bonchev–Trinajstić information content (AvgIpc) is 3.22. The summed E-state index contributed by atoms with van der Waals surface area (Å²) in [5, 5.41) is 6.41. The molecule has 2 heterocycles. The van der Waals surface area contributed by atoms with Gasteiger partial charge in [0.15, 0.2) is 17.5 Å². The summed E-state index contributed by atoms with van der Waals surface area (Å²) in [6.45, 7) is 0.391. The van der Waals surface area contributed by atoms with Gasteiger partial charge in [0.2, 0.25) is 6.79 Å². The molecule has 1 aromatic rings. The number of guanidine groups is 1. The number of alkyl halides is 2. The van der Waals surface area contributed by atoms with Crippen molar-refractivity contribution >= 4 is 29.9 Å². The van der Waals surface area contributed by atoms with E-state index in [1.54, 1.807) is 13.1 Å². The Balaban J connectivity index is 0.00000261. The molecule has 0 amide bonds. The summed E-state index contributed by atoms with van der Waals surface area (Å²) in [5.74, 6) is 2.16. The zero-order valence-electron chi connectivity index (χ0n) is 15.3. The van der Waals surface area contributed by atoms with E-state index in [1.807, 2.05) is 0 Å². The quantitative estimate of drug-likeness (QED) is 0.357. The smallest absolute Gasteiger partial charge is 0.387 e. The fourth-order valence-corrected chi connectivity index (χ4v) is 3.14. The Labute approximate surface area is 174 Å². The van der Waals surface area contributed by atoms with Gasteiger partial charge in [-0.15, -0.1) is 24.0 Å². The van der Waals surface area contributed by atoms with E-state index in [2.05, 4.69) is 32.3 Å². The first kappa shape index (κ1) is 21.7. The van der Waals surface area contributed by atoms with E-state index in [0.717, 1.165) is 26.1 Å². The zero-order valence-corrected chi connectivity index (χ0v) is 17.7. The largest absolute Gasteiger partial charge is 0.454 e. The van der Waals surface area contributed by atoms with Crippen molar-refractivity contribution in [2.45, 2.75) is 19.6 Å². The number of likely N-dealkylation sites (tertiary alicyclic amines) is 1. The standard InChI is InChI=1S/C17H24F2N4O3.HI/c1-20-17(21-7-11-3-4-23(2)9-11)22-8-12-5-14-15(25-10-24-14)6-13(12)26-16(18)19;/h5-6,11,16H,3-4,7-10H2,1-2H3,(H2,20,21,22);1H. The molecule has 0 spiro atoms. The van der Waals surface area contributed by atoms with E-state index in [4.69, 9.17) is 9.47 Å². The van der Waals surface area contributed by atoms with Crippen molar-refractivity contribution in [3.05, 3.63) is 17.7 Å². The second kappa shape index (κ2) is 10.1. The van der Waals surface area contributed by atoms with Gasteiger partial charge in [-0.3, -0.25) is 4.99 Å². The molecule has 0 bridgehead atoms. The van der Waals surface area contributed by atoms with E-state index in [9.17, 15) is 8.78 Å². The minimum absolute atomic E-state index is 0. The van der Waals surface area contributed by atoms with Gasteiger partial charge in [-0.2, -0.15) is 8.78 Å². The van der Waals surface area contributed by atoms with Crippen LogP contribution in [0, 0.1) is 5.92 Å². The lowest BCUT2D eigenvalue weighted by atomic mass is 10.1. The van der Waals surface area contributed by atoms with Crippen molar-refractivity contribution in [2.75, 3.05) is 40.5 Å². The second-order valence-electron chi connectivity index (χ2n) is 6.42. The van der Waals surface area contributed by atoms with E-state index >= 15 is 0 Å². The number of hydrogen-bond acceptors (Lipinski definition) is 5. The van der Waals surface area contributed by atoms with Crippen molar-refractivity contribution < 1.29 is 23.0 Å². The molecule has 27 heavy (non-hydrogen) atoms. The molecule has 0 aliphatic carbocycles. The molecule has 1 fully saturated rings. The van der Waals surface area contributed by atoms with Crippen LogP contribution in [0.15, 0.2) is 17.1 Å². The maximum absolute atomic E-state index is 12.7. The third-order valence-electron chi connectivity index (χ3n) is 4.49. The summed E-state index contributed by atoms with van der Waals surface area (Å²) < 4.78 is 40.5. The molecule has 1 unspecified atom stereocenters. The van der Waals surface area contributed by atoms with Gasteiger partial charge < -0.3 is 29.7 Å². The number of benzene rings is 1. The van der Waals surface area contributed by atoms with Crippen LogP contribution in [0.5, 0.6) is 17.2 Å². The first-order valence-corrected chi connectivity index (χ1v) is 8.55. The molecule has 2 N–H and O–H groups in total. The Bertz CT molecular complexity index is 663. The van der Waals surface area contributed by atoms with Crippen molar-refractivity contribution in [1.29, 1.82) is 0 Å². The fourth-order valence-electron chi connectivity index (χ4n) is 3.14. The first-order chi connectivity index (χ1) is 12.5. The summed E-state index contributed by atoms with van der Waals surface area (Å²) in [6, 6.07) is 3.07. The molecule has 1 atom stereocenters. The van der Waals surface area contributed by atoms with Gasteiger partial charge in [-0.1, -0.05) is 0 Å². The number of ether oxygens (including phenoxy) is 3. The van der Waals surface area contributed by atoms with Crippen LogP contribution in [0.4, 0.5) is 8.78 Å². The molecule has 0 radical (unpaired) electrons.